The van der Waals surface area contributed by atoms with Gasteiger partial charge in [-0.3, -0.25) is 4.68 Å². The van der Waals surface area contributed by atoms with Crippen molar-refractivity contribution in [1.29, 1.82) is 0 Å². The summed E-state index contributed by atoms with van der Waals surface area (Å²) in [6.07, 6.45) is 3.31. The molecule has 0 N–H and O–H groups in total. The molecule has 2 aromatic heterocycles. The number of cyclic esters (lactones) is 1. The van der Waals surface area contributed by atoms with E-state index in [9.17, 15) is 4.79 Å². The maximum Gasteiger partial charge on any atom is 0.333 e. The summed E-state index contributed by atoms with van der Waals surface area (Å²) in [5, 5.41) is 5.07. The van der Waals surface area contributed by atoms with Gasteiger partial charge in [-0.2, -0.15) is 5.10 Å². The van der Waals surface area contributed by atoms with Crippen LogP contribution >= 0.6 is 11.6 Å². The van der Waals surface area contributed by atoms with Crippen LogP contribution in [-0.4, -0.2) is 32.2 Å². The van der Waals surface area contributed by atoms with Crippen LogP contribution < -0.4 is 0 Å². The molecule has 3 rings (SSSR count). The van der Waals surface area contributed by atoms with E-state index < -0.39 is 0 Å². The van der Waals surface area contributed by atoms with Crippen molar-refractivity contribution in [3.05, 3.63) is 58.3 Å². The number of ether oxygens (including phenoxy) is 1. The van der Waals surface area contributed by atoms with Crippen molar-refractivity contribution in [2.45, 2.75) is 40.4 Å². The molecule has 0 aromatic carbocycles. The summed E-state index contributed by atoms with van der Waals surface area (Å²) in [6.45, 7) is 8.73. The molecule has 0 amide bonds. The molecule has 26 heavy (non-hydrogen) atoms. The molecule has 0 fully saturated rings. The Bertz CT molecular complexity index is 811. The molecule has 7 heteroatoms. The van der Waals surface area contributed by atoms with Crippen LogP contribution in [-0.2, 0) is 29.2 Å². The molecule has 0 spiro atoms. The lowest BCUT2D eigenvalue weighted by atomic mass is 10.2. The molecule has 0 unspecified atom stereocenters. The van der Waals surface area contributed by atoms with Gasteiger partial charge in [-0.05, 0) is 30.5 Å². The first kappa shape index (κ1) is 18.5. The van der Waals surface area contributed by atoms with E-state index in [2.05, 4.69) is 34.9 Å². The van der Waals surface area contributed by atoms with Gasteiger partial charge in [0.1, 0.15) is 11.8 Å². The Morgan fingerprint density at radius 2 is 2.15 bits per heavy atom. The topological polar surface area (TPSA) is 60.3 Å². The minimum absolute atomic E-state index is 0.289. The molecule has 0 radical (unpaired) electrons. The van der Waals surface area contributed by atoms with Gasteiger partial charge in [0.15, 0.2) is 0 Å². The molecule has 3 heterocycles. The lowest BCUT2D eigenvalue weighted by molar-refractivity contribution is -0.135. The van der Waals surface area contributed by atoms with E-state index in [1.54, 1.807) is 18.3 Å². The second kappa shape index (κ2) is 7.91. The molecule has 138 valence electrons. The molecule has 6 nitrogen and oxygen atoms in total. The monoisotopic (exact) mass is 374 g/mol. The maximum absolute atomic E-state index is 11.6. The predicted molar refractivity (Wildman–Crippen MR) is 99.3 cm³/mol. The first-order valence-corrected chi connectivity index (χ1v) is 9.04. The number of hydrogen-bond acceptors (Lipinski definition) is 5. The average Bonchev–Trinajstić information content (AvgIpc) is 3.14. The zero-order chi connectivity index (χ0) is 18.7. The molecule has 2 aromatic rings. The Morgan fingerprint density at radius 1 is 1.35 bits per heavy atom. The summed E-state index contributed by atoms with van der Waals surface area (Å²) in [4.78, 5) is 17.8. The first-order chi connectivity index (χ1) is 12.4. The Labute approximate surface area is 158 Å². The summed E-state index contributed by atoms with van der Waals surface area (Å²) in [5.41, 5.74) is 3.97. The van der Waals surface area contributed by atoms with Crippen LogP contribution in [0.4, 0.5) is 0 Å². The minimum Gasteiger partial charge on any atom is -0.456 e. The van der Waals surface area contributed by atoms with Crippen molar-refractivity contribution in [3.63, 3.8) is 0 Å². The fourth-order valence-corrected chi connectivity index (χ4v) is 3.06. The number of hydrogen-bond donors (Lipinski definition) is 0. The lowest BCUT2D eigenvalue weighted by Gasteiger charge is -2.25. The number of carbonyl (C=O) groups excluding carboxylic acids is 1. The Morgan fingerprint density at radius 3 is 2.77 bits per heavy atom. The highest BCUT2D eigenvalue weighted by atomic mass is 35.5. The third-order valence-corrected chi connectivity index (χ3v) is 4.32. The number of aromatic nitrogens is 3. The summed E-state index contributed by atoms with van der Waals surface area (Å²) < 4.78 is 7.16. The predicted octanol–water partition coefficient (Wildman–Crippen LogP) is 3.34. The van der Waals surface area contributed by atoms with Crippen molar-refractivity contribution < 1.29 is 9.53 Å². The van der Waals surface area contributed by atoms with E-state index in [0.717, 1.165) is 29.2 Å². The Balaban J connectivity index is 1.85. The average molecular weight is 375 g/mol. The molecular formula is C19H23ClN4O2. The second-order valence-corrected chi connectivity index (χ2v) is 7.33. The van der Waals surface area contributed by atoms with Crippen LogP contribution in [0, 0.1) is 12.8 Å². The van der Waals surface area contributed by atoms with E-state index >= 15 is 0 Å². The van der Waals surface area contributed by atoms with Gasteiger partial charge in [0.05, 0.1) is 23.6 Å². The molecule has 0 saturated carbocycles. The van der Waals surface area contributed by atoms with E-state index in [1.165, 1.54) is 0 Å². The van der Waals surface area contributed by atoms with Crippen molar-refractivity contribution >= 4 is 17.6 Å². The molecule has 0 bridgehead atoms. The fourth-order valence-electron chi connectivity index (χ4n) is 2.95. The number of carbonyl (C=O) groups is 1. The summed E-state index contributed by atoms with van der Waals surface area (Å²) in [7, 11) is 0. The van der Waals surface area contributed by atoms with Crippen molar-refractivity contribution in [2.24, 2.45) is 5.92 Å². The van der Waals surface area contributed by atoms with Crippen LogP contribution in [0.5, 0.6) is 0 Å². The summed E-state index contributed by atoms with van der Waals surface area (Å²) >= 11 is 5.88. The largest absolute Gasteiger partial charge is 0.456 e. The third kappa shape index (κ3) is 4.64. The van der Waals surface area contributed by atoms with E-state index in [1.807, 2.05) is 17.7 Å². The quantitative estimate of drug-likeness (QED) is 0.549. The minimum atomic E-state index is -0.300. The maximum atomic E-state index is 11.6. The third-order valence-electron chi connectivity index (χ3n) is 4.09. The highest BCUT2D eigenvalue weighted by molar-refractivity contribution is 6.29. The zero-order valence-corrected chi connectivity index (χ0v) is 16.0. The molecule has 0 atom stereocenters. The number of nitrogens with zero attached hydrogens (tertiary/aromatic N) is 4. The van der Waals surface area contributed by atoms with E-state index in [-0.39, 0.29) is 12.6 Å². The Kier molecular flexibility index (Phi) is 5.61. The standard InChI is InChI=1S/C19H23ClN4O2/c1-13(2)9-24-16(6-14(3)22-24)11-23(17-7-19(25)26-12-17)10-15-4-5-18(20)21-8-15/h4-8,13H,9-12H2,1-3H3. The molecule has 1 aliphatic heterocycles. The van der Waals surface area contributed by atoms with Crippen LogP contribution in [0.2, 0.25) is 5.15 Å². The molecule has 0 aliphatic carbocycles. The summed E-state index contributed by atoms with van der Waals surface area (Å²) in [6, 6.07) is 5.80. The van der Waals surface area contributed by atoms with Gasteiger partial charge in [-0.1, -0.05) is 31.5 Å². The molecule has 1 aliphatic rings. The summed E-state index contributed by atoms with van der Waals surface area (Å²) in [5.74, 6) is 0.198. The SMILES string of the molecule is Cc1cc(CN(Cc2ccc(Cl)nc2)C2=CC(=O)OC2)n(CC(C)C)n1. The van der Waals surface area contributed by atoms with Gasteiger partial charge in [-0.15, -0.1) is 0 Å². The van der Waals surface area contributed by atoms with Crippen LogP contribution in [0.3, 0.4) is 0 Å². The Hall–Kier alpha value is -2.34. The highest BCUT2D eigenvalue weighted by Crippen LogP contribution is 2.20. The van der Waals surface area contributed by atoms with Crippen molar-refractivity contribution in [2.75, 3.05) is 6.61 Å². The van der Waals surface area contributed by atoms with E-state index in [0.29, 0.717) is 24.2 Å². The van der Waals surface area contributed by atoms with Gasteiger partial charge in [0, 0.05) is 25.4 Å². The second-order valence-electron chi connectivity index (χ2n) is 6.94. The highest BCUT2D eigenvalue weighted by Gasteiger charge is 2.21. The number of esters is 1. The van der Waals surface area contributed by atoms with Gasteiger partial charge in [-0.25, -0.2) is 9.78 Å². The normalized spacial score (nSPS) is 13.9. The van der Waals surface area contributed by atoms with Crippen LogP contribution in [0.1, 0.15) is 30.8 Å². The van der Waals surface area contributed by atoms with Crippen LogP contribution in [0.15, 0.2) is 36.2 Å². The van der Waals surface area contributed by atoms with E-state index in [4.69, 9.17) is 16.3 Å². The molecular weight excluding hydrogens is 352 g/mol. The zero-order valence-electron chi connectivity index (χ0n) is 15.3. The number of pyridine rings is 1. The van der Waals surface area contributed by atoms with Gasteiger partial charge in [0.2, 0.25) is 0 Å². The van der Waals surface area contributed by atoms with Crippen molar-refractivity contribution in [3.8, 4) is 0 Å². The number of aryl methyl sites for hydroxylation is 1. The van der Waals surface area contributed by atoms with Crippen molar-refractivity contribution in [1.82, 2.24) is 19.7 Å². The van der Waals surface area contributed by atoms with Gasteiger partial charge in [0.25, 0.3) is 0 Å². The first-order valence-electron chi connectivity index (χ1n) is 8.66. The van der Waals surface area contributed by atoms with Gasteiger partial charge >= 0.3 is 5.97 Å². The van der Waals surface area contributed by atoms with Crippen LogP contribution in [0.25, 0.3) is 0 Å². The number of rotatable bonds is 7. The van der Waals surface area contributed by atoms with Gasteiger partial charge < -0.3 is 9.64 Å². The lowest BCUT2D eigenvalue weighted by Crippen LogP contribution is -2.25. The smallest absolute Gasteiger partial charge is 0.333 e. The molecule has 0 saturated heterocycles. The number of halogens is 1. The fraction of sp³-hybridized carbons (Fsp3) is 0.421.